The predicted molar refractivity (Wildman–Crippen MR) is 154 cm³/mol. The van der Waals surface area contributed by atoms with Crippen LogP contribution in [0.15, 0.2) is 78.2 Å². The Labute approximate surface area is 227 Å². The number of aryl methyl sites for hydroxylation is 2. The number of rotatable bonds is 7. The Morgan fingerprint density at radius 2 is 1.66 bits per heavy atom. The molecule has 1 saturated heterocycles. The molecular weight excluding hydrogens is 490 g/mol. The summed E-state index contributed by atoms with van der Waals surface area (Å²) < 4.78 is 0. The van der Waals surface area contributed by atoms with Gasteiger partial charge >= 0.3 is 0 Å². The van der Waals surface area contributed by atoms with Crippen molar-refractivity contribution in [2.24, 2.45) is 11.8 Å². The summed E-state index contributed by atoms with van der Waals surface area (Å²) in [6, 6.07) is 25.2. The van der Waals surface area contributed by atoms with E-state index in [1.54, 1.807) is 11.3 Å². The highest BCUT2D eigenvalue weighted by atomic mass is 32.1. The number of thiophene rings is 1. The Bertz CT molecular complexity index is 1450. The summed E-state index contributed by atoms with van der Waals surface area (Å²) in [6.07, 6.45) is 3.94. The molecule has 1 aliphatic heterocycles. The van der Waals surface area contributed by atoms with Gasteiger partial charge < -0.3 is 10.6 Å². The molecule has 0 unspecified atom stereocenters. The minimum Gasteiger partial charge on any atom is -0.351 e. The number of fused-ring (bicyclic) bond motifs is 2. The van der Waals surface area contributed by atoms with Crippen molar-refractivity contribution in [2.45, 2.75) is 38.8 Å². The summed E-state index contributed by atoms with van der Waals surface area (Å²) in [5.74, 6) is -0.464. The average molecular weight is 524 g/mol. The van der Waals surface area contributed by atoms with E-state index < -0.39 is 0 Å². The number of amides is 2. The quantitative estimate of drug-likeness (QED) is 0.323. The molecule has 3 aromatic carbocycles. The molecule has 4 aromatic rings. The number of nitrogens with zero attached hydrogens (tertiary/aromatic N) is 1. The molecule has 2 heterocycles. The zero-order valence-electron chi connectivity index (χ0n) is 21.5. The van der Waals surface area contributed by atoms with Crippen LogP contribution in [0.3, 0.4) is 0 Å². The second kappa shape index (κ2) is 11.1. The molecule has 0 spiro atoms. The lowest BCUT2D eigenvalue weighted by molar-refractivity contribution is -0.130. The lowest BCUT2D eigenvalue weighted by Crippen LogP contribution is -2.48. The number of anilines is 1. The van der Waals surface area contributed by atoms with E-state index in [1.165, 1.54) is 33.9 Å². The van der Waals surface area contributed by atoms with Crippen LogP contribution in [0.25, 0.3) is 10.8 Å². The molecule has 0 radical (unpaired) electrons. The average Bonchev–Trinajstić information content (AvgIpc) is 3.63. The van der Waals surface area contributed by atoms with Crippen molar-refractivity contribution in [1.82, 2.24) is 10.2 Å². The highest BCUT2D eigenvalue weighted by Gasteiger charge is 2.35. The zero-order chi connectivity index (χ0) is 25.9. The fraction of sp³-hybridized carbons (Fsp3) is 0.312. The molecule has 38 heavy (non-hydrogen) atoms. The van der Waals surface area contributed by atoms with Gasteiger partial charge in [-0.25, -0.2) is 0 Å². The maximum Gasteiger partial charge on any atom is 0.228 e. The van der Waals surface area contributed by atoms with Crippen molar-refractivity contribution in [3.8, 4) is 0 Å². The molecule has 2 amide bonds. The van der Waals surface area contributed by atoms with Gasteiger partial charge in [0.2, 0.25) is 11.8 Å². The van der Waals surface area contributed by atoms with E-state index in [-0.39, 0.29) is 23.7 Å². The second-order valence-corrected chi connectivity index (χ2v) is 11.7. The van der Waals surface area contributed by atoms with E-state index in [4.69, 9.17) is 0 Å². The van der Waals surface area contributed by atoms with Gasteiger partial charge in [-0.2, -0.15) is 0 Å². The SMILES string of the molecule is O=C(NCc1cccs1)[C@H]1C[C@@H](C(=O)Nc2ccc3c(c2)CCC3)CN(Cc2ccc3ccccc3c2)C1. The number of hydrogen-bond acceptors (Lipinski definition) is 4. The Morgan fingerprint density at radius 1 is 0.842 bits per heavy atom. The van der Waals surface area contributed by atoms with Crippen LogP contribution in [-0.4, -0.2) is 29.8 Å². The number of benzene rings is 3. The molecule has 2 N–H and O–H groups in total. The van der Waals surface area contributed by atoms with Gasteiger partial charge in [-0.1, -0.05) is 48.5 Å². The minimum atomic E-state index is -0.255. The summed E-state index contributed by atoms with van der Waals surface area (Å²) in [5.41, 5.74) is 4.79. The van der Waals surface area contributed by atoms with Gasteiger partial charge in [0.25, 0.3) is 0 Å². The zero-order valence-corrected chi connectivity index (χ0v) is 22.3. The van der Waals surface area contributed by atoms with Crippen LogP contribution < -0.4 is 10.6 Å². The molecule has 2 aliphatic rings. The number of piperidine rings is 1. The highest BCUT2D eigenvalue weighted by Crippen LogP contribution is 2.28. The first kappa shape index (κ1) is 24.8. The van der Waals surface area contributed by atoms with Crippen LogP contribution in [-0.2, 0) is 35.5 Å². The largest absolute Gasteiger partial charge is 0.351 e. The molecule has 1 aliphatic carbocycles. The molecule has 194 valence electrons. The van der Waals surface area contributed by atoms with Crippen molar-refractivity contribution >= 4 is 39.6 Å². The van der Waals surface area contributed by atoms with Gasteiger partial charge in [0, 0.05) is 30.2 Å². The lowest BCUT2D eigenvalue weighted by Gasteiger charge is -2.36. The molecule has 6 heteroatoms. The van der Waals surface area contributed by atoms with Crippen molar-refractivity contribution in [3.05, 3.63) is 99.7 Å². The first-order chi connectivity index (χ1) is 18.6. The number of carbonyl (C=O) groups is 2. The van der Waals surface area contributed by atoms with Gasteiger partial charge in [0.1, 0.15) is 0 Å². The Morgan fingerprint density at radius 3 is 2.50 bits per heavy atom. The van der Waals surface area contributed by atoms with E-state index in [2.05, 4.69) is 70.1 Å². The third-order valence-electron chi connectivity index (χ3n) is 7.87. The van der Waals surface area contributed by atoms with Crippen LogP contribution in [0.5, 0.6) is 0 Å². The number of likely N-dealkylation sites (tertiary alicyclic amines) is 1. The maximum atomic E-state index is 13.5. The standard InChI is InChI=1S/C32H33N3O2S/c36-31(33-18-30-9-4-14-38-30)27-16-28(32(37)34-29-13-12-24-7-3-8-26(24)17-29)21-35(20-27)19-22-10-11-23-5-1-2-6-25(23)15-22/h1-2,4-6,9-15,17,27-28H,3,7-8,16,18-21H2,(H,33,36)(H,34,37)/t27-,28+/m0/s1. The molecular formula is C32H33N3O2S. The number of carbonyl (C=O) groups excluding carboxylic acids is 2. The summed E-state index contributed by atoms with van der Waals surface area (Å²) in [4.78, 5) is 30.1. The fourth-order valence-electron chi connectivity index (χ4n) is 5.92. The molecule has 5 nitrogen and oxygen atoms in total. The maximum absolute atomic E-state index is 13.5. The van der Waals surface area contributed by atoms with Gasteiger partial charge in [-0.3, -0.25) is 14.5 Å². The summed E-state index contributed by atoms with van der Waals surface area (Å²) in [7, 11) is 0. The molecule has 0 bridgehead atoms. The van der Waals surface area contributed by atoms with Gasteiger partial charge in [-0.15, -0.1) is 11.3 Å². The third-order valence-corrected chi connectivity index (χ3v) is 8.75. The van der Waals surface area contributed by atoms with Crippen molar-refractivity contribution in [3.63, 3.8) is 0 Å². The molecule has 6 rings (SSSR count). The smallest absolute Gasteiger partial charge is 0.228 e. The Hall–Kier alpha value is -3.48. The second-order valence-electron chi connectivity index (χ2n) is 10.6. The van der Waals surface area contributed by atoms with Gasteiger partial charge in [0.15, 0.2) is 0 Å². The van der Waals surface area contributed by atoms with Crippen molar-refractivity contribution in [1.29, 1.82) is 0 Å². The third kappa shape index (κ3) is 5.66. The van der Waals surface area contributed by atoms with Crippen LogP contribution in [0.4, 0.5) is 5.69 Å². The van der Waals surface area contributed by atoms with Gasteiger partial charge in [-0.05, 0) is 82.8 Å². The van der Waals surface area contributed by atoms with E-state index in [1.807, 2.05) is 23.6 Å². The monoisotopic (exact) mass is 523 g/mol. The van der Waals surface area contributed by atoms with E-state index in [0.29, 0.717) is 32.6 Å². The number of hydrogen-bond donors (Lipinski definition) is 2. The first-order valence-electron chi connectivity index (χ1n) is 13.5. The van der Waals surface area contributed by atoms with Crippen LogP contribution >= 0.6 is 11.3 Å². The Balaban J connectivity index is 1.18. The van der Waals surface area contributed by atoms with Gasteiger partial charge in [0.05, 0.1) is 18.4 Å². The van der Waals surface area contributed by atoms with E-state index in [9.17, 15) is 9.59 Å². The van der Waals surface area contributed by atoms with E-state index in [0.717, 1.165) is 23.4 Å². The minimum absolute atomic E-state index is 0.00205. The van der Waals surface area contributed by atoms with Crippen molar-refractivity contribution in [2.75, 3.05) is 18.4 Å². The lowest BCUT2D eigenvalue weighted by atomic mass is 9.87. The molecule has 1 fully saturated rings. The highest BCUT2D eigenvalue weighted by molar-refractivity contribution is 7.09. The summed E-state index contributed by atoms with van der Waals surface area (Å²) >= 11 is 1.64. The fourth-order valence-corrected chi connectivity index (χ4v) is 6.56. The summed E-state index contributed by atoms with van der Waals surface area (Å²) in [5, 5.41) is 10.7. The van der Waals surface area contributed by atoms with Crippen LogP contribution in [0.2, 0.25) is 0 Å². The molecule has 1 aromatic heterocycles. The van der Waals surface area contributed by atoms with Crippen LogP contribution in [0.1, 0.15) is 34.4 Å². The van der Waals surface area contributed by atoms with Crippen molar-refractivity contribution < 1.29 is 9.59 Å². The Kier molecular flexibility index (Phi) is 7.25. The normalized spacial score (nSPS) is 19.3. The number of nitrogens with one attached hydrogen (secondary N) is 2. The molecule has 0 saturated carbocycles. The predicted octanol–water partition coefficient (Wildman–Crippen LogP) is 5.78. The topological polar surface area (TPSA) is 61.4 Å². The molecule has 2 atom stereocenters. The van der Waals surface area contributed by atoms with E-state index >= 15 is 0 Å². The van der Waals surface area contributed by atoms with Crippen LogP contribution in [0, 0.1) is 11.8 Å². The summed E-state index contributed by atoms with van der Waals surface area (Å²) in [6.45, 7) is 2.52. The first-order valence-corrected chi connectivity index (χ1v) is 14.4.